The molecule has 0 unspecified atom stereocenters. The average molecular weight is 539 g/mol. The van der Waals surface area contributed by atoms with Crippen molar-refractivity contribution < 1.29 is 14.4 Å². The Morgan fingerprint density at radius 3 is 2.56 bits per heavy atom. The Morgan fingerprint density at radius 1 is 1.10 bits per heavy atom. The highest BCUT2D eigenvalue weighted by molar-refractivity contribution is 7.26. The maximum Gasteiger partial charge on any atom is 0.280 e. The van der Waals surface area contributed by atoms with E-state index in [4.69, 9.17) is 24.4 Å². The number of hydrogen-bond donors (Lipinski definition) is 0. The summed E-state index contributed by atoms with van der Waals surface area (Å²) in [6.07, 6.45) is 0. The average Bonchev–Trinajstić information content (AvgIpc) is 3.35. The van der Waals surface area contributed by atoms with E-state index >= 15 is 0 Å². The predicted molar refractivity (Wildman–Crippen MR) is 149 cm³/mol. The van der Waals surface area contributed by atoms with Gasteiger partial charge in [-0.15, -0.1) is 11.3 Å². The van der Waals surface area contributed by atoms with Gasteiger partial charge in [-0.05, 0) is 18.6 Å². The van der Waals surface area contributed by atoms with E-state index in [0.717, 1.165) is 10.3 Å². The number of fused-ring (bicyclic) bond motifs is 3. The highest BCUT2D eigenvalue weighted by atomic mass is 32.1. The molecule has 0 bridgehead atoms. The van der Waals surface area contributed by atoms with Crippen molar-refractivity contribution in [2.24, 2.45) is 0 Å². The van der Waals surface area contributed by atoms with Gasteiger partial charge in [0.15, 0.2) is 11.6 Å². The zero-order valence-electron chi connectivity index (χ0n) is 21.0. The second-order valence-corrected chi connectivity index (χ2v) is 9.78. The molecule has 1 fully saturated rings. The van der Waals surface area contributed by atoms with Crippen LogP contribution in [-0.2, 0) is 4.74 Å². The van der Waals surface area contributed by atoms with E-state index in [1.807, 2.05) is 37.3 Å². The van der Waals surface area contributed by atoms with E-state index in [9.17, 15) is 15.4 Å². The molecule has 11 heteroatoms. The van der Waals surface area contributed by atoms with Crippen LogP contribution in [0.25, 0.3) is 42.9 Å². The molecule has 0 radical (unpaired) electrons. The van der Waals surface area contributed by atoms with Crippen LogP contribution in [0.5, 0.6) is 5.88 Å². The third kappa shape index (κ3) is 4.29. The first-order chi connectivity index (χ1) is 19.1. The smallest absolute Gasteiger partial charge is 0.280 e. The van der Waals surface area contributed by atoms with Crippen molar-refractivity contribution in [3.05, 3.63) is 70.3 Å². The van der Waals surface area contributed by atoms with Crippen molar-refractivity contribution in [2.45, 2.75) is 6.92 Å². The summed E-state index contributed by atoms with van der Waals surface area (Å²) in [5.74, 6) is 1.16. The molecule has 2 aromatic carbocycles. The third-order valence-corrected chi connectivity index (χ3v) is 7.59. The molecule has 1 aliphatic heterocycles. The van der Waals surface area contributed by atoms with Crippen LogP contribution in [0, 0.1) is 21.4 Å². The van der Waals surface area contributed by atoms with E-state index in [2.05, 4.69) is 11.0 Å². The van der Waals surface area contributed by atoms with Gasteiger partial charge in [0.2, 0.25) is 5.88 Å². The normalized spacial score (nSPS) is 13.5. The third-order valence-electron chi connectivity index (χ3n) is 6.52. The van der Waals surface area contributed by atoms with Crippen molar-refractivity contribution in [1.82, 2.24) is 15.0 Å². The number of pyridine rings is 1. The molecule has 10 nitrogen and oxygen atoms in total. The molecule has 4 heterocycles. The molecule has 0 aliphatic carbocycles. The number of nitro benzene ring substituents is 1. The first kappa shape index (κ1) is 24.7. The first-order valence-corrected chi connectivity index (χ1v) is 13.3. The number of rotatable bonds is 6. The minimum Gasteiger partial charge on any atom is -0.477 e. The molecule has 0 N–H and O–H groups in total. The maximum absolute atomic E-state index is 11.9. The van der Waals surface area contributed by atoms with Crippen LogP contribution in [0.1, 0.15) is 12.5 Å². The molecule has 39 heavy (non-hydrogen) atoms. The Morgan fingerprint density at radius 2 is 1.85 bits per heavy atom. The summed E-state index contributed by atoms with van der Waals surface area (Å²) < 4.78 is 12.2. The van der Waals surface area contributed by atoms with Gasteiger partial charge in [0, 0.05) is 30.1 Å². The van der Waals surface area contributed by atoms with Gasteiger partial charge < -0.3 is 14.4 Å². The summed E-state index contributed by atoms with van der Waals surface area (Å²) in [5, 5.41) is 22.8. The summed E-state index contributed by atoms with van der Waals surface area (Å²) in [6.45, 7) is 4.51. The molecule has 3 aromatic heterocycles. The maximum atomic E-state index is 11.9. The Kier molecular flexibility index (Phi) is 6.48. The molecular formula is C28H22N6O4S. The van der Waals surface area contributed by atoms with Gasteiger partial charge in [0.1, 0.15) is 16.5 Å². The predicted octanol–water partition coefficient (Wildman–Crippen LogP) is 5.59. The number of nitrogens with zero attached hydrogens (tertiary/aromatic N) is 6. The SMILES string of the molecule is CCOc1nc2sc3c(N4CCOCC4)nc(-c4ccccc4[N+](=O)[O-])nc3c2c(-c2ccccc2)c1C#N. The number of morpholine rings is 1. The summed E-state index contributed by atoms with van der Waals surface area (Å²) in [5.41, 5.74) is 2.62. The topological polar surface area (TPSA) is 127 Å². The van der Waals surface area contributed by atoms with Crippen molar-refractivity contribution in [1.29, 1.82) is 5.26 Å². The highest BCUT2D eigenvalue weighted by Gasteiger charge is 2.28. The Labute approximate surface area is 227 Å². The highest BCUT2D eigenvalue weighted by Crippen LogP contribution is 2.46. The zero-order valence-corrected chi connectivity index (χ0v) is 21.8. The number of aromatic nitrogens is 3. The van der Waals surface area contributed by atoms with Crippen LogP contribution >= 0.6 is 11.3 Å². The number of ether oxygens (including phenoxy) is 2. The lowest BCUT2D eigenvalue weighted by molar-refractivity contribution is -0.384. The van der Waals surface area contributed by atoms with Crippen molar-refractivity contribution >= 4 is 43.3 Å². The first-order valence-electron chi connectivity index (χ1n) is 12.4. The van der Waals surface area contributed by atoms with Crippen LogP contribution in [0.3, 0.4) is 0 Å². The molecule has 0 amide bonds. The number of thiophene rings is 1. The molecule has 5 aromatic rings. The van der Waals surface area contributed by atoms with E-state index in [-0.39, 0.29) is 17.4 Å². The number of benzene rings is 2. The second-order valence-electron chi connectivity index (χ2n) is 8.78. The van der Waals surface area contributed by atoms with Gasteiger partial charge in [0.05, 0.1) is 40.5 Å². The van der Waals surface area contributed by atoms with E-state index < -0.39 is 4.92 Å². The Balaban J connectivity index is 1.76. The van der Waals surface area contributed by atoms with E-state index in [1.165, 1.54) is 17.4 Å². The number of nitro groups is 1. The standard InChI is InChI=1S/C28H22N6O4S/c1-2-38-27-19(16-29)21(17-8-4-3-5-9-17)22-23-24(39-28(22)32-27)26(33-12-14-37-15-13-33)31-25(30-23)18-10-6-7-11-20(18)34(35)36/h3-11H,2,12-15H2,1H3. The minimum atomic E-state index is -0.428. The molecular weight excluding hydrogens is 516 g/mol. The summed E-state index contributed by atoms with van der Waals surface area (Å²) in [4.78, 5) is 28.8. The molecule has 0 spiro atoms. The van der Waals surface area contributed by atoms with Crippen LogP contribution in [0.2, 0.25) is 0 Å². The number of para-hydroxylation sites is 1. The van der Waals surface area contributed by atoms with Gasteiger partial charge in [0.25, 0.3) is 5.69 Å². The van der Waals surface area contributed by atoms with Crippen LogP contribution < -0.4 is 9.64 Å². The molecule has 1 aliphatic rings. The van der Waals surface area contributed by atoms with Crippen LogP contribution in [0.4, 0.5) is 11.5 Å². The van der Waals surface area contributed by atoms with E-state index in [1.54, 1.807) is 18.2 Å². The molecule has 0 saturated carbocycles. The fraction of sp³-hybridized carbons (Fsp3) is 0.214. The molecule has 6 rings (SSSR count). The lowest BCUT2D eigenvalue weighted by Crippen LogP contribution is -2.36. The molecule has 194 valence electrons. The summed E-state index contributed by atoms with van der Waals surface area (Å²) >= 11 is 1.42. The van der Waals surface area contributed by atoms with Crippen molar-refractivity contribution in [3.8, 4) is 34.5 Å². The van der Waals surface area contributed by atoms with Gasteiger partial charge in [-0.1, -0.05) is 42.5 Å². The van der Waals surface area contributed by atoms with Crippen LogP contribution in [0.15, 0.2) is 54.6 Å². The summed E-state index contributed by atoms with van der Waals surface area (Å²) in [6, 6.07) is 18.3. The minimum absolute atomic E-state index is 0.0814. The fourth-order valence-electron chi connectivity index (χ4n) is 4.81. The van der Waals surface area contributed by atoms with Gasteiger partial charge >= 0.3 is 0 Å². The molecule has 0 atom stereocenters. The van der Waals surface area contributed by atoms with Gasteiger partial charge in [-0.25, -0.2) is 15.0 Å². The second kappa shape index (κ2) is 10.2. The largest absolute Gasteiger partial charge is 0.477 e. The van der Waals surface area contributed by atoms with Gasteiger partial charge in [-0.2, -0.15) is 5.26 Å². The monoisotopic (exact) mass is 538 g/mol. The zero-order chi connectivity index (χ0) is 26.9. The number of hydrogen-bond acceptors (Lipinski definition) is 10. The lowest BCUT2D eigenvalue weighted by Gasteiger charge is -2.28. The fourth-order valence-corrected chi connectivity index (χ4v) is 5.94. The number of anilines is 1. The van der Waals surface area contributed by atoms with Crippen LogP contribution in [-0.4, -0.2) is 52.8 Å². The Hall–Kier alpha value is -4.66. The number of nitriles is 1. The lowest BCUT2D eigenvalue weighted by atomic mass is 9.98. The van der Waals surface area contributed by atoms with Gasteiger partial charge in [-0.3, -0.25) is 10.1 Å². The summed E-state index contributed by atoms with van der Waals surface area (Å²) in [7, 11) is 0. The van der Waals surface area contributed by atoms with Crippen molar-refractivity contribution in [3.63, 3.8) is 0 Å². The quantitative estimate of drug-likeness (QED) is 0.201. The van der Waals surface area contributed by atoms with Crippen molar-refractivity contribution in [2.75, 3.05) is 37.8 Å². The van der Waals surface area contributed by atoms with E-state index in [0.29, 0.717) is 71.2 Å². The Bertz CT molecular complexity index is 1760. The molecule has 1 saturated heterocycles.